The topological polar surface area (TPSA) is 44.8 Å². The smallest absolute Gasteiger partial charge is 0.303 e. The quantitative estimate of drug-likeness (QED) is 0.622. The minimum atomic E-state index is -0.649. The van der Waals surface area contributed by atoms with Crippen LogP contribution in [0.3, 0.4) is 0 Å². The zero-order chi connectivity index (χ0) is 10.9. The minimum Gasteiger partial charge on any atom is -0.457 e. The van der Waals surface area contributed by atoms with Gasteiger partial charge in [0.25, 0.3) is 0 Å². The molecular weight excluding hydrogens is 196 g/mol. The summed E-state index contributed by atoms with van der Waals surface area (Å²) in [5.74, 6) is -0.907. The van der Waals surface area contributed by atoms with Crippen LogP contribution in [0.1, 0.15) is 39.5 Å². The van der Waals surface area contributed by atoms with E-state index in [9.17, 15) is 4.79 Å². The Labute approximate surface area is 89.9 Å². The average molecular weight is 214 g/mol. The van der Waals surface area contributed by atoms with E-state index in [2.05, 4.69) is 0 Å². The van der Waals surface area contributed by atoms with Crippen LogP contribution in [0.5, 0.6) is 0 Å². The van der Waals surface area contributed by atoms with Gasteiger partial charge in [-0.15, -0.1) is 0 Å². The van der Waals surface area contributed by atoms with Crippen molar-refractivity contribution in [2.45, 2.75) is 57.5 Å². The Kier molecular flexibility index (Phi) is 2.98. The van der Waals surface area contributed by atoms with E-state index in [0.29, 0.717) is 6.61 Å². The third kappa shape index (κ3) is 2.16. The number of carbonyl (C=O) groups excluding carboxylic acids is 1. The molecule has 0 unspecified atom stereocenters. The first-order valence-corrected chi connectivity index (χ1v) is 5.61. The molecule has 2 aliphatic rings. The molecule has 2 aliphatic heterocycles. The lowest BCUT2D eigenvalue weighted by atomic mass is 9.97. The molecule has 0 N–H and O–H groups in total. The van der Waals surface area contributed by atoms with Gasteiger partial charge in [-0.3, -0.25) is 4.79 Å². The van der Waals surface area contributed by atoms with E-state index in [1.807, 2.05) is 6.92 Å². The van der Waals surface area contributed by atoms with Crippen molar-refractivity contribution in [3.8, 4) is 0 Å². The van der Waals surface area contributed by atoms with Crippen LogP contribution in [-0.4, -0.2) is 30.6 Å². The first kappa shape index (κ1) is 10.9. The molecule has 4 heteroatoms. The molecule has 1 spiro atoms. The summed E-state index contributed by atoms with van der Waals surface area (Å²) in [6, 6.07) is 0. The van der Waals surface area contributed by atoms with E-state index in [-0.39, 0.29) is 18.2 Å². The Balaban J connectivity index is 2.07. The van der Waals surface area contributed by atoms with Gasteiger partial charge in [0, 0.05) is 19.8 Å². The van der Waals surface area contributed by atoms with Gasteiger partial charge in [-0.2, -0.15) is 0 Å². The number of rotatable bonds is 1. The summed E-state index contributed by atoms with van der Waals surface area (Å²) in [5, 5.41) is 0. The van der Waals surface area contributed by atoms with E-state index >= 15 is 0 Å². The molecular formula is C11H18O4. The van der Waals surface area contributed by atoms with Gasteiger partial charge < -0.3 is 14.2 Å². The van der Waals surface area contributed by atoms with Crippen LogP contribution >= 0.6 is 0 Å². The highest BCUT2D eigenvalue weighted by molar-refractivity contribution is 5.66. The summed E-state index contributed by atoms with van der Waals surface area (Å²) in [7, 11) is 0. The number of esters is 1. The van der Waals surface area contributed by atoms with Crippen molar-refractivity contribution in [2.75, 3.05) is 6.61 Å². The maximum Gasteiger partial charge on any atom is 0.303 e. The standard InChI is InChI=1S/C11H18O4/c1-8-4-3-6-11(15-8)10(5-7-13-11)14-9(2)12/h8,10H,3-7H2,1-2H3/t8-,10+,11-/m1/s1. The van der Waals surface area contributed by atoms with Gasteiger partial charge in [-0.25, -0.2) is 0 Å². The second-order valence-electron chi connectivity index (χ2n) is 4.37. The predicted octanol–water partition coefficient (Wildman–Crippen LogP) is 1.62. The molecule has 0 aromatic heterocycles. The third-order valence-corrected chi connectivity index (χ3v) is 3.06. The van der Waals surface area contributed by atoms with Crippen LogP contribution in [0.2, 0.25) is 0 Å². The number of ether oxygens (including phenoxy) is 3. The van der Waals surface area contributed by atoms with Crippen molar-refractivity contribution < 1.29 is 19.0 Å². The van der Waals surface area contributed by atoms with Gasteiger partial charge in [-0.1, -0.05) is 0 Å². The lowest BCUT2D eigenvalue weighted by molar-refractivity contribution is -0.286. The van der Waals surface area contributed by atoms with E-state index in [4.69, 9.17) is 14.2 Å². The molecule has 0 radical (unpaired) electrons. The van der Waals surface area contributed by atoms with E-state index < -0.39 is 5.79 Å². The third-order valence-electron chi connectivity index (χ3n) is 3.06. The first-order chi connectivity index (χ1) is 7.12. The highest BCUT2D eigenvalue weighted by Crippen LogP contribution is 2.39. The van der Waals surface area contributed by atoms with Crippen LogP contribution in [0.15, 0.2) is 0 Å². The molecule has 3 atom stereocenters. The second-order valence-corrected chi connectivity index (χ2v) is 4.37. The van der Waals surface area contributed by atoms with Crippen molar-refractivity contribution in [3.05, 3.63) is 0 Å². The van der Waals surface area contributed by atoms with Crippen LogP contribution in [0, 0.1) is 0 Å². The Morgan fingerprint density at radius 1 is 1.47 bits per heavy atom. The first-order valence-electron chi connectivity index (χ1n) is 5.61. The maximum absolute atomic E-state index is 11.0. The van der Waals surface area contributed by atoms with E-state index in [1.54, 1.807) is 0 Å². The summed E-state index contributed by atoms with van der Waals surface area (Å²) in [6.07, 6.45) is 3.66. The summed E-state index contributed by atoms with van der Waals surface area (Å²) in [5.41, 5.74) is 0. The molecule has 4 nitrogen and oxygen atoms in total. The monoisotopic (exact) mass is 214 g/mol. The van der Waals surface area contributed by atoms with Gasteiger partial charge in [0.05, 0.1) is 12.7 Å². The average Bonchev–Trinajstić information content (AvgIpc) is 2.48. The van der Waals surface area contributed by atoms with Crippen molar-refractivity contribution in [2.24, 2.45) is 0 Å². The Bertz CT molecular complexity index is 253. The van der Waals surface area contributed by atoms with E-state index in [0.717, 1.165) is 25.7 Å². The fourth-order valence-corrected chi connectivity index (χ4v) is 2.44. The highest BCUT2D eigenvalue weighted by atomic mass is 16.7. The molecule has 0 aliphatic carbocycles. The van der Waals surface area contributed by atoms with Crippen molar-refractivity contribution in [1.29, 1.82) is 0 Å². The molecule has 2 rings (SSSR count). The molecule has 15 heavy (non-hydrogen) atoms. The second kappa shape index (κ2) is 4.10. The number of hydrogen-bond donors (Lipinski definition) is 0. The summed E-state index contributed by atoms with van der Waals surface area (Å²) in [4.78, 5) is 11.0. The van der Waals surface area contributed by atoms with Crippen LogP contribution in [-0.2, 0) is 19.0 Å². The Hall–Kier alpha value is -0.610. The summed E-state index contributed by atoms with van der Waals surface area (Å²) in [6.45, 7) is 4.08. The molecule has 0 aromatic rings. The molecule has 0 saturated carbocycles. The number of hydrogen-bond acceptors (Lipinski definition) is 4. The van der Waals surface area contributed by atoms with Crippen LogP contribution < -0.4 is 0 Å². The summed E-state index contributed by atoms with van der Waals surface area (Å²) >= 11 is 0. The van der Waals surface area contributed by atoms with Crippen molar-refractivity contribution in [3.63, 3.8) is 0 Å². The van der Waals surface area contributed by atoms with E-state index in [1.165, 1.54) is 6.92 Å². The summed E-state index contributed by atoms with van der Waals surface area (Å²) < 4.78 is 16.8. The fourth-order valence-electron chi connectivity index (χ4n) is 2.44. The Morgan fingerprint density at radius 2 is 2.27 bits per heavy atom. The maximum atomic E-state index is 11.0. The molecule has 86 valence electrons. The van der Waals surface area contributed by atoms with Crippen LogP contribution in [0.4, 0.5) is 0 Å². The van der Waals surface area contributed by atoms with Gasteiger partial charge in [-0.05, 0) is 19.8 Å². The van der Waals surface area contributed by atoms with Crippen LogP contribution in [0.25, 0.3) is 0 Å². The lowest BCUT2D eigenvalue weighted by Gasteiger charge is -2.39. The number of carbonyl (C=O) groups is 1. The molecule has 2 fully saturated rings. The predicted molar refractivity (Wildman–Crippen MR) is 53.3 cm³/mol. The fraction of sp³-hybridized carbons (Fsp3) is 0.909. The normalized spacial score (nSPS) is 40.7. The zero-order valence-electron chi connectivity index (χ0n) is 9.32. The van der Waals surface area contributed by atoms with Crippen molar-refractivity contribution >= 4 is 5.97 Å². The molecule has 0 aromatic carbocycles. The van der Waals surface area contributed by atoms with Gasteiger partial charge in [0.1, 0.15) is 0 Å². The van der Waals surface area contributed by atoms with Gasteiger partial charge in [0.15, 0.2) is 6.10 Å². The molecule has 0 bridgehead atoms. The molecule has 2 heterocycles. The lowest BCUT2D eigenvalue weighted by Crippen LogP contribution is -2.48. The Morgan fingerprint density at radius 3 is 2.93 bits per heavy atom. The minimum absolute atomic E-state index is 0.190. The molecule has 0 amide bonds. The van der Waals surface area contributed by atoms with Crippen molar-refractivity contribution in [1.82, 2.24) is 0 Å². The highest BCUT2D eigenvalue weighted by Gasteiger charge is 2.50. The van der Waals surface area contributed by atoms with Gasteiger partial charge >= 0.3 is 5.97 Å². The van der Waals surface area contributed by atoms with Gasteiger partial charge in [0.2, 0.25) is 5.79 Å². The molecule has 2 saturated heterocycles. The SMILES string of the molecule is CC(=O)O[C@H]1CCO[C@@]12CCC[C@@H](C)O2. The zero-order valence-corrected chi connectivity index (χ0v) is 9.32. The largest absolute Gasteiger partial charge is 0.457 e.